The van der Waals surface area contributed by atoms with E-state index in [0.29, 0.717) is 21.9 Å². The first-order chi connectivity index (χ1) is 12.2. The first-order valence-corrected chi connectivity index (χ1v) is 7.70. The third-order valence-electron chi connectivity index (χ3n) is 3.02. The molecule has 0 aliphatic carbocycles. The Morgan fingerprint density at radius 2 is 2.04 bits per heavy atom. The lowest BCUT2D eigenvalue weighted by atomic mass is 10.2. The average Bonchev–Trinajstić information content (AvgIpc) is 2.65. The van der Waals surface area contributed by atoms with Gasteiger partial charge in [0, 0.05) is 10.6 Å². The quantitative estimate of drug-likeness (QED) is 0.256. The topological polar surface area (TPSA) is 81.4 Å². The number of amides is 1. The highest BCUT2D eigenvalue weighted by molar-refractivity contribution is 7.94. The maximum Gasteiger partial charge on any atom is 0.254 e. The van der Waals surface area contributed by atoms with E-state index in [1.807, 2.05) is 0 Å². The summed E-state index contributed by atoms with van der Waals surface area (Å²) in [5, 5.41) is 14.3. The van der Waals surface area contributed by atoms with E-state index in [0.717, 1.165) is 12.0 Å². The zero-order valence-electron chi connectivity index (χ0n) is 13.1. The normalized spacial score (nSPS) is 10.8. The number of nitrogens with zero attached hydrogens (tertiary/aromatic N) is 1. The van der Waals surface area contributed by atoms with Gasteiger partial charge in [0.05, 0.1) is 25.7 Å². The molecule has 2 aromatic rings. The van der Waals surface area contributed by atoms with Gasteiger partial charge in [-0.3, -0.25) is 4.79 Å². The van der Waals surface area contributed by atoms with Crippen molar-refractivity contribution in [2.75, 3.05) is 12.4 Å². The van der Waals surface area contributed by atoms with E-state index >= 15 is 0 Å². The lowest BCUT2D eigenvalue weighted by Gasteiger charge is -2.06. The molecule has 0 saturated heterocycles. The number of methoxy groups -OCH3 is 1. The smallest absolute Gasteiger partial charge is 0.254 e. The van der Waals surface area contributed by atoms with Gasteiger partial charge in [-0.05, 0) is 42.0 Å². The van der Waals surface area contributed by atoms with E-state index in [2.05, 4.69) is 19.5 Å². The van der Waals surface area contributed by atoms with Crippen LogP contribution in [0.1, 0.15) is 5.56 Å². The van der Waals surface area contributed by atoms with Gasteiger partial charge in [0.15, 0.2) is 0 Å². The van der Waals surface area contributed by atoms with E-state index in [1.165, 1.54) is 6.08 Å². The van der Waals surface area contributed by atoms with Crippen molar-refractivity contribution in [1.82, 2.24) is 0 Å². The second-order valence-electron chi connectivity index (χ2n) is 4.62. The molecule has 0 saturated carbocycles. The van der Waals surface area contributed by atoms with Crippen LogP contribution >= 0.6 is 12.0 Å². The molecule has 1 amide bonds. The Hall–Kier alpha value is -2.83. The largest absolute Gasteiger partial charge is 0.497 e. The van der Waals surface area contributed by atoms with Crippen LogP contribution in [0.5, 0.6) is 5.75 Å². The van der Waals surface area contributed by atoms with Crippen molar-refractivity contribution in [3.8, 4) is 5.75 Å². The molecular weight excluding hydrogens is 344 g/mol. The molecule has 0 radical (unpaired) electrons. The van der Waals surface area contributed by atoms with Crippen LogP contribution in [0.3, 0.4) is 0 Å². The fourth-order valence-electron chi connectivity index (χ4n) is 1.88. The van der Waals surface area contributed by atoms with E-state index in [9.17, 15) is 4.79 Å². The van der Waals surface area contributed by atoms with Crippen molar-refractivity contribution in [2.24, 2.45) is 0 Å². The molecule has 2 N–H and O–H groups in total. The average molecular weight is 358 g/mol. The fraction of sp³-hybridized carbons (Fsp3) is 0.0588. The summed E-state index contributed by atoms with van der Waals surface area (Å²) in [6.45, 7) is 7.22. The molecule has 0 fully saturated rings. The lowest BCUT2D eigenvalue weighted by Crippen LogP contribution is -2.12. The molecule has 0 heterocycles. The maximum atomic E-state index is 12.3. The molecule has 7 nitrogen and oxygen atoms in total. The van der Waals surface area contributed by atoms with Crippen LogP contribution in [-0.4, -0.2) is 18.3 Å². The highest BCUT2D eigenvalue weighted by atomic mass is 32.2. The van der Waals surface area contributed by atoms with Gasteiger partial charge in [0.1, 0.15) is 5.75 Å². The summed E-state index contributed by atoms with van der Waals surface area (Å²) in [4.78, 5) is 16.1. The number of nitrogens with one attached hydrogen (secondary N) is 1. The highest BCUT2D eigenvalue weighted by Crippen LogP contribution is 2.23. The van der Waals surface area contributed by atoms with Gasteiger partial charge in [-0.15, -0.1) is 4.33 Å². The van der Waals surface area contributed by atoms with Crippen molar-refractivity contribution in [3.63, 3.8) is 0 Å². The van der Waals surface area contributed by atoms with Gasteiger partial charge in [0.2, 0.25) is 0 Å². The van der Waals surface area contributed by atoms with Gasteiger partial charge >= 0.3 is 0 Å². The second-order valence-corrected chi connectivity index (χ2v) is 5.40. The summed E-state index contributed by atoms with van der Waals surface area (Å²) in [7, 11) is 1.56. The minimum absolute atomic E-state index is 0.0573. The summed E-state index contributed by atoms with van der Waals surface area (Å²) in [5.74, 6) is 0.154. The molecule has 0 spiro atoms. The second kappa shape index (κ2) is 9.46. The number of carbonyl (C=O) groups excluding carboxylic acids is 1. The Balaban J connectivity index is 2.11. The fourth-order valence-corrected chi connectivity index (χ4v) is 2.30. The van der Waals surface area contributed by atoms with Crippen molar-refractivity contribution < 1.29 is 24.2 Å². The number of rotatable bonds is 7. The van der Waals surface area contributed by atoms with Crippen molar-refractivity contribution in [1.29, 1.82) is 0 Å². The van der Waals surface area contributed by atoms with Gasteiger partial charge in [0.25, 0.3) is 11.6 Å². The van der Waals surface area contributed by atoms with Crippen LogP contribution in [0.15, 0.2) is 59.1 Å². The molecule has 0 bridgehead atoms. The van der Waals surface area contributed by atoms with Crippen LogP contribution in [0, 0.1) is 6.57 Å². The Bertz CT molecular complexity index is 799. The molecule has 2 aromatic carbocycles. The molecule has 2 rings (SSSR count). The Kier molecular flexibility index (Phi) is 7.00. The standard InChI is InChI=1S/C17H14N2O5S/c1-18-16(10-12-6-8-14(22-2)9-7-12)17(20)19-13-4-3-5-15(11-13)25-24-23-21/h3-11,21H,2H3,(H,19,20). The van der Waals surface area contributed by atoms with E-state index in [4.69, 9.17) is 16.6 Å². The van der Waals surface area contributed by atoms with Crippen molar-refractivity contribution in [2.45, 2.75) is 4.90 Å². The van der Waals surface area contributed by atoms with E-state index < -0.39 is 5.91 Å². The van der Waals surface area contributed by atoms with Crippen LogP contribution in [-0.2, 0) is 14.2 Å². The number of benzene rings is 2. The predicted octanol–water partition coefficient (Wildman–Crippen LogP) is 4.02. The summed E-state index contributed by atoms with van der Waals surface area (Å²) in [6.07, 6.45) is 1.49. The molecular formula is C17H14N2O5S. The van der Waals surface area contributed by atoms with Gasteiger partial charge in [-0.2, -0.15) is 0 Å². The predicted molar refractivity (Wildman–Crippen MR) is 93.3 cm³/mol. The van der Waals surface area contributed by atoms with E-state index in [-0.39, 0.29) is 5.70 Å². The number of hydrogen-bond acceptors (Lipinski definition) is 6. The van der Waals surface area contributed by atoms with Crippen molar-refractivity contribution in [3.05, 3.63) is 71.2 Å². The third-order valence-corrected chi connectivity index (χ3v) is 3.60. The lowest BCUT2D eigenvalue weighted by molar-refractivity contribution is -0.432. The molecule has 0 aliphatic rings. The molecule has 0 aromatic heterocycles. The van der Waals surface area contributed by atoms with Crippen LogP contribution < -0.4 is 10.1 Å². The Morgan fingerprint density at radius 3 is 2.68 bits per heavy atom. The third kappa shape index (κ3) is 5.63. The van der Waals surface area contributed by atoms with Gasteiger partial charge in [-0.25, -0.2) is 10.1 Å². The maximum absolute atomic E-state index is 12.3. The zero-order valence-corrected chi connectivity index (χ0v) is 13.9. The van der Waals surface area contributed by atoms with E-state index in [1.54, 1.807) is 55.6 Å². The number of carbonyl (C=O) groups is 1. The highest BCUT2D eigenvalue weighted by Gasteiger charge is 2.11. The van der Waals surface area contributed by atoms with Crippen molar-refractivity contribution >= 4 is 29.7 Å². The first kappa shape index (κ1) is 18.5. The molecule has 0 aliphatic heterocycles. The molecule has 25 heavy (non-hydrogen) atoms. The Labute approximate surface area is 148 Å². The van der Waals surface area contributed by atoms with Gasteiger partial charge in [-0.1, -0.05) is 23.2 Å². The molecule has 128 valence electrons. The van der Waals surface area contributed by atoms with Crippen LogP contribution in [0.25, 0.3) is 10.9 Å². The molecule has 0 unspecified atom stereocenters. The molecule has 0 atom stereocenters. The van der Waals surface area contributed by atoms with Gasteiger partial charge < -0.3 is 10.1 Å². The summed E-state index contributed by atoms with van der Waals surface area (Å²) in [5.41, 5.74) is 1.12. The van der Waals surface area contributed by atoms with Crippen LogP contribution in [0.2, 0.25) is 0 Å². The zero-order chi connectivity index (χ0) is 18.1. The number of anilines is 1. The number of hydrogen-bond donors (Lipinski definition) is 2. The summed E-state index contributed by atoms with van der Waals surface area (Å²) >= 11 is 0.771. The minimum Gasteiger partial charge on any atom is -0.497 e. The van der Waals surface area contributed by atoms with Crippen LogP contribution in [0.4, 0.5) is 5.69 Å². The Morgan fingerprint density at radius 1 is 1.28 bits per heavy atom. The monoisotopic (exact) mass is 358 g/mol. The SMILES string of the molecule is [C-]#[N+]C(=Cc1ccc(OC)cc1)C(=O)Nc1cccc(SOOO)c1. The number of ether oxygens (including phenoxy) is 1. The minimum atomic E-state index is -0.535. The molecule has 8 heteroatoms. The first-order valence-electron chi connectivity index (χ1n) is 6.95. The summed E-state index contributed by atoms with van der Waals surface area (Å²) in [6, 6.07) is 13.6. The summed E-state index contributed by atoms with van der Waals surface area (Å²) < 4.78 is 9.40.